The van der Waals surface area contributed by atoms with E-state index in [-0.39, 0.29) is 18.1 Å². The van der Waals surface area contributed by atoms with Gasteiger partial charge in [-0.2, -0.15) is 0 Å². The zero-order chi connectivity index (χ0) is 30.4. The van der Waals surface area contributed by atoms with E-state index in [9.17, 15) is 9.59 Å². The molecule has 1 fully saturated rings. The lowest BCUT2D eigenvalue weighted by atomic mass is 9.92. The molecule has 0 bridgehead atoms. The van der Waals surface area contributed by atoms with Crippen LogP contribution in [0.25, 0.3) is 11.3 Å². The van der Waals surface area contributed by atoms with E-state index in [1.807, 2.05) is 82.9 Å². The molecule has 0 spiro atoms. The van der Waals surface area contributed by atoms with Crippen LogP contribution in [0.1, 0.15) is 64.8 Å². The van der Waals surface area contributed by atoms with Gasteiger partial charge in [-0.15, -0.1) is 0 Å². The number of hydrogen-bond acceptors (Lipinski definition) is 7. The molecule has 4 rings (SSSR count). The zero-order valence-corrected chi connectivity index (χ0v) is 26.0. The predicted octanol–water partition coefficient (Wildman–Crippen LogP) is 5.31. The highest BCUT2D eigenvalue weighted by Gasteiger charge is 2.27. The van der Waals surface area contributed by atoms with E-state index in [0.29, 0.717) is 49.7 Å². The van der Waals surface area contributed by atoms with Gasteiger partial charge in [-0.1, -0.05) is 6.07 Å². The molecule has 9 nitrogen and oxygen atoms in total. The van der Waals surface area contributed by atoms with Gasteiger partial charge >= 0.3 is 6.09 Å². The first-order chi connectivity index (χ1) is 20.0. The van der Waals surface area contributed by atoms with Crippen LogP contribution >= 0.6 is 0 Å². The van der Waals surface area contributed by atoms with Crippen molar-refractivity contribution in [1.82, 2.24) is 20.1 Å². The number of amides is 2. The Morgan fingerprint density at radius 3 is 2.45 bits per heavy atom. The Hall–Kier alpha value is -4.01. The van der Waals surface area contributed by atoms with Crippen LogP contribution in [-0.4, -0.2) is 78.3 Å². The van der Waals surface area contributed by atoms with Gasteiger partial charge in [0.1, 0.15) is 5.60 Å². The van der Waals surface area contributed by atoms with E-state index < -0.39 is 5.60 Å². The number of nitrogens with zero attached hydrogens (tertiary/aromatic N) is 3. The summed E-state index contributed by atoms with van der Waals surface area (Å²) < 4.78 is 17.3. The fourth-order valence-electron chi connectivity index (χ4n) is 5.16. The summed E-state index contributed by atoms with van der Waals surface area (Å²) in [6.07, 6.45) is 4.83. The van der Waals surface area contributed by atoms with Gasteiger partial charge in [-0.25, -0.2) is 4.79 Å². The van der Waals surface area contributed by atoms with Crippen molar-refractivity contribution in [3.8, 4) is 11.5 Å². The lowest BCUT2D eigenvalue weighted by Gasteiger charge is -2.27. The second kappa shape index (κ2) is 13.3. The number of carbonyl (C=O) groups excluding carboxylic acids is 2. The van der Waals surface area contributed by atoms with Crippen molar-refractivity contribution in [3.63, 3.8) is 0 Å². The Balaban J connectivity index is 1.68. The second-order valence-electron chi connectivity index (χ2n) is 11.9. The Morgan fingerprint density at radius 2 is 1.79 bits per heavy atom. The van der Waals surface area contributed by atoms with E-state index in [0.717, 1.165) is 41.1 Å². The molecule has 9 heteroatoms. The van der Waals surface area contributed by atoms with E-state index in [1.54, 1.807) is 18.2 Å². The standard InChI is InChI=1S/C33H44N4O5/c1-22(2)41-29-21-25-24(20-28(29)40-7)12-14-35-30(25)26(27-11-8-9-13-34-27)19-23(3)31(38)36-15-10-16-37(18-17-36)32(39)42-33(4,5)6/h8-9,11,13,19-22,35H,10,12,14-18H2,1-7H3/b23-19+,30-26+. The van der Waals surface area contributed by atoms with Gasteiger partial charge in [0.15, 0.2) is 11.5 Å². The molecule has 226 valence electrons. The number of ether oxygens (including phenoxy) is 3. The lowest BCUT2D eigenvalue weighted by molar-refractivity contribution is -0.127. The number of aromatic nitrogens is 1. The number of allylic oxidation sites excluding steroid dienone is 2. The van der Waals surface area contributed by atoms with E-state index in [4.69, 9.17) is 14.2 Å². The minimum atomic E-state index is -0.563. The zero-order valence-electron chi connectivity index (χ0n) is 26.0. The summed E-state index contributed by atoms with van der Waals surface area (Å²) in [5, 5.41) is 3.58. The van der Waals surface area contributed by atoms with Gasteiger partial charge in [-0.05, 0) is 90.3 Å². The summed E-state index contributed by atoms with van der Waals surface area (Å²) in [4.78, 5) is 34.5. The average Bonchev–Trinajstić information content (AvgIpc) is 3.21. The van der Waals surface area contributed by atoms with Crippen molar-refractivity contribution in [2.24, 2.45) is 0 Å². The SMILES string of the molecule is COc1cc2c(cc1OC(C)C)/C(=C(/C=C(\C)C(=O)N1CCCN(C(=O)OC(C)(C)C)CC1)c1ccccn1)NCC2. The number of nitrogens with one attached hydrogen (secondary N) is 1. The van der Waals surface area contributed by atoms with Crippen LogP contribution in [0.2, 0.25) is 0 Å². The first kappa shape index (κ1) is 30.9. The van der Waals surface area contributed by atoms with Crippen molar-refractivity contribution in [3.05, 3.63) is 65.0 Å². The summed E-state index contributed by atoms with van der Waals surface area (Å²) in [5.41, 5.74) is 4.64. The van der Waals surface area contributed by atoms with Gasteiger partial charge in [-0.3, -0.25) is 9.78 Å². The van der Waals surface area contributed by atoms with Gasteiger partial charge in [0.25, 0.3) is 0 Å². The first-order valence-corrected chi connectivity index (χ1v) is 14.7. The highest BCUT2D eigenvalue weighted by Crippen LogP contribution is 2.38. The van der Waals surface area contributed by atoms with E-state index >= 15 is 0 Å². The minimum Gasteiger partial charge on any atom is -0.493 e. The molecule has 0 radical (unpaired) electrons. The van der Waals surface area contributed by atoms with Crippen molar-refractivity contribution in [2.75, 3.05) is 39.8 Å². The van der Waals surface area contributed by atoms with Crippen molar-refractivity contribution in [1.29, 1.82) is 0 Å². The van der Waals surface area contributed by atoms with Crippen molar-refractivity contribution in [2.45, 2.75) is 66.1 Å². The molecule has 1 aromatic carbocycles. The molecule has 1 aromatic heterocycles. The summed E-state index contributed by atoms with van der Waals surface area (Å²) in [6.45, 7) is 14.1. The number of carbonyl (C=O) groups is 2. The van der Waals surface area contributed by atoms with E-state index in [1.165, 1.54) is 0 Å². The summed E-state index contributed by atoms with van der Waals surface area (Å²) in [5.74, 6) is 1.31. The topological polar surface area (TPSA) is 93.2 Å². The summed E-state index contributed by atoms with van der Waals surface area (Å²) >= 11 is 0. The molecule has 2 aliphatic heterocycles. The van der Waals surface area contributed by atoms with Crippen molar-refractivity contribution < 1.29 is 23.8 Å². The third-order valence-corrected chi connectivity index (χ3v) is 7.06. The molecule has 1 saturated heterocycles. The number of rotatable bonds is 6. The molecule has 42 heavy (non-hydrogen) atoms. The lowest BCUT2D eigenvalue weighted by Crippen LogP contribution is -2.40. The van der Waals surface area contributed by atoms with Gasteiger partial charge in [0, 0.05) is 55.6 Å². The molecule has 2 amide bonds. The van der Waals surface area contributed by atoms with Gasteiger partial charge in [0.05, 0.1) is 24.6 Å². The van der Waals surface area contributed by atoms with Crippen molar-refractivity contribution >= 4 is 23.3 Å². The molecule has 2 aromatic rings. The monoisotopic (exact) mass is 576 g/mol. The van der Waals surface area contributed by atoms with Crippen LogP contribution in [0.5, 0.6) is 11.5 Å². The third kappa shape index (κ3) is 7.63. The molecule has 2 aliphatic rings. The Kier molecular flexibility index (Phi) is 9.81. The molecular formula is C33H44N4O5. The van der Waals surface area contributed by atoms with Crippen LogP contribution in [0.15, 0.2) is 48.2 Å². The van der Waals surface area contributed by atoms with Gasteiger partial charge in [0.2, 0.25) is 5.91 Å². The number of pyridine rings is 1. The average molecular weight is 577 g/mol. The molecule has 0 atom stereocenters. The molecule has 3 heterocycles. The Labute approximate surface area is 249 Å². The highest BCUT2D eigenvalue weighted by atomic mass is 16.6. The van der Waals surface area contributed by atoms with Crippen LogP contribution < -0.4 is 14.8 Å². The normalized spacial score (nSPS) is 17.2. The number of hydrogen-bond donors (Lipinski definition) is 1. The van der Waals surface area contributed by atoms with Crippen LogP contribution in [0.3, 0.4) is 0 Å². The number of benzene rings is 1. The maximum Gasteiger partial charge on any atom is 0.410 e. The number of fused-ring (bicyclic) bond motifs is 1. The fraction of sp³-hybridized carbons (Fsp3) is 0.485. The highest BCUT2D eigenvalue weighted by molar-refractivity contribution is 6.01. The number of methoxy groups -OCH3 is 1. The maximum absolute atomic E-state index is 13.7. The maximum atomic E-state index is 13.7. The Morgan fingerprint density at radius 1 is 1.05 bits per heavy atom. The Bertz CT molecular complexity index is 1340. The second-order valence-corrected chi connectivity index (χ2v) is 11.9. The van der Waals surface area contributed by atoms with Crippen LogP contribution in [0.4, 0.5) is 4.79 Å². The molecular weight excluding hydrogens is 532 g/mol. The summed E-state index contributed by atoms with van der Waals surface area (Å²) in [7, 11) is 1.65. The van der Waals surface area contributed by atoms with Crippen LogP contribution in [-0.2, 0) is 16.0 Å². The molecule has 0 saturated carbocycles. The predicted molar refractivity (Wildman–Crippen MR) is 164 cm³/mol. The summed E-state index contributed by atoms with van der Waals surface area (Å²) in [6, 6.07) is 9.83. The quantitative estimate of drug-likeness (QED) is 0.466. The largest absolute Gasteiger partial charge is 0.493 e. The molecule has 1 N–H and O–H groups in total. The molecule has 0 unspecified atom stereocenters. The fourth-order valence-corrected chi connectivity index (χ4v) is 5.16. The van der Waals surface area contributed by atoms with Gasteiger partial charge < -0.3 is 29.3 Å². The smallest absolute Gasteiger partial charge is 0.410 e. The van der Waals surface area contributed by atoms with Crippen LogP contribution in [0, 0.1) is 0 Å². The minimum absolute atomic E-state index is 0.0178. The molecule has 0 aliphatic carbocycles. The van der Waals surface area contributed by atoms with E-state index in [2.05, 4.69) is 10.3 Å². The first-order valence-electron chi connectivity index (χ1n) is 14.7. The third-order valence-electron chi connectivity index (χ3n) is 7.06.